The first-order valence-corrected chi connectivity index (χ1v) is 7.19. The number of aryl methyl sites for hydroxylation is 1. The predicted octanol–water partition coefficient (Wildman–Crippen LogP) is 1.50. The molecule has 0 saturated carbocycles. The second-order valence-corrected chi connectivity index (χ2v) is 5.29. The molecule has 0 amide bonds. The monoisotopic (exact) mass is 312 g/mol. The van der Waals surface area contributed by atoms with Crippen molar-refractivity contribution in [2.75, 3.05) is 0 Å². The van der Waals surface area contributed by atoms with Crippen LogP contribution >= 0.6 is 0 Å². The van der Waals surface area contributed by atoms with E-state index in [0.717, 1.165) is 5.56 Å². The van der Waals surface area contributed by atoms with Gasteiger partial charge in [0.15, 0.2) is 0 Å². The Bertz CT molecular complexity index is 899. The Balaban J connectivity index is 1.76. The highest BCUT2D eigenvalue weighted by atomic mass is 16.5. The van der Waals surface area contributed by atoms with Gasteiger partial charge in [0.2, 0.25) is 0 Å². The number of aromatic nitrogens is 4. The Morgan fingerprint density at radius 1 is 1.39 bits per heavy atom. The minimum Gasteiger partial charge on any atom is -0.458 e. The second kappa shape index (κ2) is 6.04. The van der Waals surface area contributed by atoms with Gasteiger partial charge in [-0.2, -0.15) is 5.10 Å². The number of carbonyl (C=O) groups excluding carboxylic acids is 1. The third-order valence-electron chi connectivity index (χ3n) is 3.49. The third kappa shape index (κ3) is 3.13. The molecular formula is C16H16N4O3. The van der Waals surface area contributed by atoms with Crippen molar-refractivity contribution in [2.45, 2.75) is 26.5 Å². The molecule has 3 aromatic rings. The van der Waals surface area contributed by atoms with Gasteiger partial charge in [-0.15, -0.1) is 0 Å². The van der Waals surface area contributed by atoms with Crippen molar-refractivity contribution in [1.29, 1.82) is 0 Å². The van der Waals surface area contributed by atoms with Gasteiger partial charge in [-0.25, -0.2) is 9.78 Å². The van der Waals surface area contributed by atoms with E-state index in [2.05, 4.69) is 10.1 Å². The van der Waals surface area contributed by atoms with Crippen molar-refractivity contribution in [1.82, 2.24) is 19.2 Å². The van der Waals surface area contributed by atoms with Crippen LogP contribution < -0.4 is 5.56 Å². The van der Waals surface area contributed by atoms with Gasteiger partial charge in [-0.05, 0) is 31.5 Å². The number of esters is 1. The number of hydrogen-bond donors (Lipinski definition) is 0. The van der Waals surface area contributed by atoms with Gasteiger partial charge in [-0.1, -0.05) is 6.07 Å². The number of pyridine rings is 1. The van der Waals surface area contributed by atoms with Crippen LogP contribution in [0.25, 0.3) is 5.65 Å². The zero-order valence-corrected chi connectivity index (χ0v) is 12.8. The van der Waals surface area contributed by atoms with E-state index in [4.69, 9.17) is 4.74 Å². The lowest BCUT2D eigenvalue weighted by Crippen LogP contribution is -2.21. The molecule has 118 valence electrons. The number of rotatable bonds is 4. The van der Waals surface area contributed by atoms with Crippen LogP contribution in [0, 0.1) is 6.92 Å². The molecule has 1 unspecified atom stereocenters. The minimum absolute atomic E-state index is 0.0515. The molecule has 0 aromatic carbocycles. The zero-order valence-electron chi connectivity index (χ0n) is 12.8. The normalized spacial score (nSPS) is 12.3. The molecule has 0 aliphatic rings. The maximum atomic E-state index is 12.1. The second-order valence-electron chi connectivity index (χ2n) is 5.29. The van der Waals surface area contributed by atoms with Crippen LogP contribution in [0.1, 0.15) is 24.2 Å². The number of ether oxygens (including phenoxy) is 1. The molecule has 7 nitrogen and oxygen atoms in total. The van der Waals surface area contributed by atoms with E-state index >= 15 is 0 Å². The molecule has 1 atom stereocenters. The molecule has 0 bridgehead atoms. The fourth-order valence-corrected chi connectivity index (χ4v) is 2.22. The summed E-state index contributed by atoms with van der Waals surface area (Å²) in [5, 5.41) is 4.00. The lowest BCUT2D eigenvalue weighted by Gasteiger charge is -2.12. The largest absolute Gasteiger partial charge is 0.458 e. The molecule has 23 heavy (non-hydrogen) atoms. The summed E-state index contributed by atoms with van der Waals surface area (Å²) in [4.78, 5) is 28.4. The number of fused-ring (bicyclic) bond motifs is 1. The highest BCUT2D eigenvalue weighted by molar-refractivity contribution is 5.73. The summed E-state index contributed by atoms with van der Waals surface area (Å²) >= 11 is 0. The van der Waals surface area contributed by atoms with Crippen molar-refractivity contribution >= 4 is 11.6 Å². The summed E-state index contributed by atoms with van der Waals surface area (Å²) in [6, 6.07) is 6.20. The zero-order chi connectivity index (χ0) is 16.4. The summed E-state index contributed by atoms with van der Waals surface area (Å²) in [7, 11) is 0. The Hall–Kier alpha value is -2.96. The Labute approximate surface area is 132 Å². The summed E-state index contributed by atoms with van der Waals surface area (Å²) in [6.07, 6.45) is 5.01. The molecule has 0 aliphatic heterocycles. The van der Waals surface area contributed by atoms with Crippen LogP contribution in [0.15, 0.2) is 47.7 Å². The molecule has 0 saturated heterocycles. The maximum Gasteiger partial charge on any atom is 0.331 e. The highest BCUT2D eigenvalue weighted by Crippen LogP contribution is 2.08. The first-order valence-electron chi connectivity index (χ1n) is 7.19. The number of carbonyl (C=O) groups is 1. The van der Waals surface area contributed by atoms with Crippen LogP contribution in [0.5, 0.6) is 0 Å². The Morgan fingerprint density at radius 3 is 2.96 bits per heavy atom. The molecule has 3 aromatic heterocycles. The number of hydrogen-bond acceptors (Lipinski definition) is 5. The van der Waals surface area contributed by atoms with E-state index in [9.17, 15) is 9.59 Å². The van der Waals surface area contributed by atoms with Crippen molar-refractivity contribution in [3.63, 3.8) is 0 Å². The maximum absolute atomic E-state index is 12.1. The first-order chi connectivity index (χ1) is 11.0. The van der Waals surface area contributed by atoms with E-state index < -0.39 is 12.0 Å². The fourth-order valence-electron chi connectivity index (χ4n) is 2.22. The smallest absolute Gasteiger partial charge is 0.331 e. The summed E-state index contributed by atoms with van der Waals surface area (Å²) in [5.74, 6) is -0.431. The van der Waals surface area contributed by atoms with E-state index in [0.29, 0.717) is 11.3 Å². The van der Waals surface area contributed by atoms with Gasteiger partial charge in [0.25, 0.3) is 5.56 Å². The summed E-state index contributed by atoms with van der Waals surface area (Å²) in [6.45, 7) is 3.54. The third-order valence-corrected chi connectivity index (χ3v) is 3.49. The van der Waals surface area contributed by atoms with E-state index in [1.54, 1.807) is 37.6 Å². The molecule has 0 fully saturated rings. The van der Waals surface area contributed by atoms with Crippen LogP contribution in [0.3, 0.4) is 0 Å². The van der Waals surface area contributed by atoms with Crippen molar-refractivity contribution < 1.29 is 9.53 Å². The van der Waals surface area contributed by atoms with E-state index in [1.807, 2.05) is 13.0 Å². The molecule has 0 spiro atoms. The van der Waals surface area contributed by atoms with Gasteiger partial charge >= 0.3 is 5.97 Å². The molecular weight excluding hydrogens is 296 g/mol. The van der Waals surface area contributed by atoms with Crippen molar-refractivity contribution in [3.8, 4) is 0 Å². The first kappa shape index (κ1) is 15.0. The quantitative estimate of drug-likeness (QED) is 0.682. The molecule has 0 N–H and O–H groups in total. The molecule has 0 radical (unpaired) electrons. The van der Waals surface area contributed by atoms with Crippen molar-refractivity contribution in [2.24, 2.45) is 0 Å². The Kier molecular flexibility index (Phi) is 3.92. The van der Waals surface area contributed by atoms with Crippen LogP contribution in [0.4, 0.5) is 0 Å². The average Bonchev–Trinajstić information content (AvgIpc) is 3.07. The van der Waals surface area contributed by atoms with Gasteiger partial charge in [-0.3, -0.25) is 13.9 Å². The van der Waals surface area contributed by atoms with E-state index in [-0.39, 0.29) is 12.2 Å². The lowest BCUT2D eigenvalue weighted by atomic mass is 10.3. The average molecular weight is 312 g/mol. The van der Waals surface area contributed by atoms with Crippen molar-refractivity contribution in [3.05, 3.63) is 64.5 Å². The van der Waals surface area contributed by atoms with E-state index in [1.165, 1.54) is 15.1 Å². The minimum atomic E-state index is -0.533. The fraction of sp³-hybridized carbons (Fsp3) is 0.250. The van der Waals surface area contributed by atoms with Gasteiger partial charge in [0.1, 0.15) is 18.3 Å². The van der Waals surface area contributed by atoms with Crippen LogP contribution in [-0.4, -0.2) is 25.1 Å². The standard InChI is InChI=1S/C16H16N4O3/c1-11-4-5-14-18-13(8-15(21)19(14)9-11)10-23-16(22)12(2)20-7-3-6-17-20/h3-9,12H,10H2,1-2H3. The lowest BCUT2D eigenvalue weighted by molar-refractivity contribution is -0.148. The number of nitrogens with zero attached hydrogens (tertiary/aromatic N) is 4. The predicted molar refractivity (Wildman–Crippen MR) is 82.9 cm³/mol. The topological polar surface area (TPSA) is 78.5 Å². The summed E-state index contributed by atoms with van der Waals surface area (Å²) in [5.41, 5.74) is 1.70. The highest BCUT2D eigenvalue weighted by Gasteiger charge is 2.17. The van der Waals surface area contributed by atoms with Gasteiger partial charge in [0.05, 0.1) is 5.69 Å². The molecule has 3 rings (SSSR count). The van der Waals surface area contributed by atoms with Gasteiger partial charge < -0.3 is 4.74 Å². The van der Waals surface area contributed by atoms with Gasteiger partial charge in [0, 0.05) is 24.7 Å². The van der Waals surface area contributed by atoms with Crippen LogP contribution in [-0.2, 0) is 16.1 Å². The SMILES string of the molecule is Cc1ccc2nc(COC(=O)C(C)n3cccn3)cc(=O)n2c1. The molecule has 3 heterocycles. The summed E-state index contributed by atoms with van der Waals surface area (Å²) < 4.78 is 8.20. The Morgan fingerprint density at radius 2 is 2.22 bits per heavy atom. The van der Waals surface area contributed by atoms with Crippen LogP contribution in [0.2, 0.25) is 0 Å². The molecule has 0 aliphatic carbocycles. The molecule has 7 heteroatoms.